The molecular formula is C14H23N5O2. The molecule has 2 fully saturated rings. The lowest BCUT2D eigenvalue weighted by Crippen LogP contribution is -2.29. The van der Waals surface area contributed by atoms with E-state index in [1.54, 1.807) is 0 Å². The molecule has 0 bridgehead atoms. The van der Waals surface area contributed by atoms with Gasteiger partial charge in [-0.15, -0.1) is 5.10 Å². The Bertz CT molecular complexity index is 495. The van der Waals surface area contributed by atoms with Crippen LogP contribution in [0.4, 0.5) is 0 Å². The second-order valence-electron chi connectivity index (χ2n) is 6.08. The van der Waals surface area contributed by atoms with Crippen molar-refractivity contribution >= 4 is 5.91 Å². The highest BCUT2D eigenvalue weighted by atomic mass is 16.5. The summed E-state index contributed by atoms with van der Waals surface area (Å²) in [6.07, 6.45) is 9.36. The highest BCUT2D eigenvalue weighted by Crippen LogP contribution is 2.43. The van der Waals surface area contributed by atoms with Gasteiger partial charge in [-0.2, -0.15) is 0 Å². The van der Waals surface area contributed by atoms with Gasteiger partial charge >= 0.3 is 0 Å². The third-order valence-corrected chi connectivity index (χ3v) is 4.48. The first kappa shape index (κ1) is 14.5. The van der Waals surface area contributed by atoms with Crippen LogP contribution in [0.2, 0.25) is 0 Å². The second-order valence-corrected chi connectivity index (χ2v) is 6.08. The van der Waals surface area contributed by atoms with Crippen LogP contribution in [0, 0.1) is 0 Å². The Kier molecular flexibility index (Phi) is 4.21. The minimum Gasteiger partial charge on any atom is -0.370 e. The predicted molar refractivity (Wildman–Crippen MR) is 76.2 cm³/mol. The van der Waals surface area contributed by atoms with E-state index in [4.69, 9.17) is 10.5 Å². The smallest absolute Gasteiger partial charge is 0.234 e. The van der Waals surface area contributed by atoms with Crippen molar-refractivity contribution in [3.05, 3.63) is 11.9 Å². The number of carbonyl (C=O) groups excluding carboxylic acids is 1. The first-order valence-electron chi connectivity index (χ1n) is 7.73. The van der Waals surface area contributed by atoms with Gasteiger partial charge < -0.3 is 15.8 Å². The van der Waals surface area contributed by atoms with Gasteiger partial charge in [-0.25, -0.2) is 4.68 Å². The van der Waals surface area contributed by atoms with Crippen molar-refractivity contribution in [3.63, 3.8) is 0 Å². The minimum atomic E-state index is -0.188. The molecule has 3 N–H and O–H groups in total. The summed E-state index contributed by atoms with van der Waals surface area (Å²) in [5, 5.41) is 10.8. The lowest BCUT2D eigenvalue weighted by Gasteiger charge is -2.23. The van der Waals surface area contributed by atoms with Gasteiger partial charge in [-0.05, 0) is 25.7 Å². The number of hydrogen-bond donors (Lipinski definition) is 2. The van der Waals surface area contributed by atoms with E-state index < -0.39 is 0 Å². The average molecular weight is 293 g/mol. The lowest BCUT2D eigenvalue weighted by atomic mass is 9.98. The Labute approximate surface area is 124 Å². The quantitative estimate of drug-likeness (QED) is 0.816. The molecule has 1 aromatic heterocycles. The summed E-state index contributed by atoms with van der Waals surface area (Å²) in [7, 11) is 0. The molecule has 1 aliphatic carbocycles. The summed E-state index contributed by atoms with van der Waals surface area (Å²) in [5.41, 5.74) is 6.13. The number of carbonyl (C=O) groups is 1. The van der Waals surface area contributed by atoms with E-state index in [9.17, 15) is 4.79 Å². The van der Waals surface area contributed by atoms with Crippen molar-refractivity contribution in [1.29, 1.82) is 0 Å². The fourth-order valence-electron chi connectivity index (χ4n) is 3.39. The van der Waals surface area contributed by atoms with Gasteiger partial charge in [-0.1, -0.05) is 18.1 Å². The normalized spacial score (nSPS) is 23.8. The molecule has 2 heterocycles. The first-order chi connectivity index (χ1) is 10.2. The molecule has 7 heteroatoms. The van der Waals surface area contributed by atoms with E-state index >= 15 is 0 Å². The molecule has 1 amide bonds. The number of amides is 1. The van der Waals surface area contributed by atoms with E-state index in [0.717, 1.165) is 18.7 Å². The van der Waals surface area contributed by atoms with Crippen molar-refractivity contribution < 1.29 is 9.53 Å². The van der Waals surface area contributed by atoms with Gasteiger partial charge in [0.2, 0.25) is 5.91 Å². The van der Waals surface area contributed by atoms with Gasteiger partial charge in [0, 0.05) is 0 Å². The molecule has 21 heavy (non-hydrogen) atoms. The van der Waals surface area contributed by atoms with Crippen LogP contribution < -0.4 is 11.1 Å². The summed E-state index contributed by atoms with van der Waals surface area (Å²) >= 11 is 0. The van der Waals surface area contributed by atoms with Gasteiger partial charge in [0.05, 0.1) is 37.5 Å². The number of nitrogens with two attached hydrogens (primary N) is 1. The summed E-state index contributed by atoms with van der Waals surface area (Å²) < 4.78 is 8.07. The Morgan fingerprint density at radius 1 is 1.48 bits per heavy atom. The first-order valence-corrected chi connectivity index (χ1v) is 7.73. The maximum Gasteiger partial charge on any atom is 0.234 e. The van der Waals surface area contributed by atoms with Crippen LogP contribution in [0.15, 0.2) is 6.20 Å². The van der Waals surface area contributed by atoms with E-state index in [0.29, 0.717) is 6.54 Å². The van der Waals surface area contributed by atoms with E-state index in [-0.39, 0.29) is 24.2 Å². The molecule has 116 valence electrons. The van der Waals surface area contributed by atoms with Crippen molar-refractivity contribution in [2.24, 2.45) is 5.73 Å². The Morgan fingerprint density at radius 3 is 3.05 bits per heavy atom. The largest absolute Gasteiger partial charge is 0.370 e. The molecule has 1 aromatic rings. The SMILES string of the molecule is NCC(=O)NCc1cn(CC2CCC3(CCCC3)O2)nn1. The maximum atomic E-state index is 11.1. The van der Waals surface area contributed by atoms with E-state index in [1.165, 1.54) is 32.1 Å². The van der Waals surface area contributed by atoms with E-state index in [1.807, 2.05) is 10.9 Å². The van der Waals surface area contributed by atoms with Crippen molar-refractivity contribution in [2.75, 3.05) is 6.54 Å². The van der Waals surface area contributed by atoms with Crippen molar-refractivity contribution in [3.8, 4) is 0 Å². The van der Waals surface area contributed by atoms with Crippen LogP contribution in [0.25, 0.3) is 0 Å². The Morgan fingerprint density at radius 2 is 2.29 bits per heavy atom. The molecule has 0 aromatic carbocycles. The number of aromatic nitrogens is 3. The molecule has 1 saturated carbocycles. The molecule has 2 aliphatic rings. The fraction of sp³-hybridized carbons (Fsp3) is 0.786. The minimum absolute atomic E-state index is 0.00780. The zero-order valence-electron chi connectivity index (χ0n) is 12.3. The summed E-state index contributed by atoms with van der Waals surface area (Å²) in [6.45, 7) is 1.09. The van der Waals surface area contributed by atoms with Crippen LogP contribution >= 0.6 is 0 Å². The average Bonchev–Trinajstić information content (AvgIpc) is 3.21. The summed E-state index contributed by atoms with van der Waals surface area (Å²) in [6, 6.07) is 0. The van der Waals surface area contributed by atoms with Crippen LogP contribution in [0.5, 0.6) is 0 Å². The van der Waals surface area contributed by atoms with Gasteiger partial charge in [0.1, 0.15) is 5.69 Å². The van der Waals surface area contributed by atoms with E-state index in [2.05, 4.69) is 15.6 Å². The monoisotopic (exact) mass is 293 g/mol. The number of nitrogens with one attached hydrogen (secondary N) is 1. The molecule has 7 nitrogen and oxygen atoms in total. The molecule has 1 aliphatic heterocycles. The number of nitrogens with zero attached hydrogens (tertiary/aromatic N) is 3. The van der Waals surface area contributed by atoms with Gasteiger partial charge in [-0.3, -0.25) is 4.79 Å². The maximum absolute atomic E-state index is 11.1. The fourth-order valence-corrected chi connectivity index (χ4v) is 3.39. The zero-order valence-corrected chi connectivity index (χ0v) is 12.3. The molecular weight excluding hydrogens is 270 g/mol. The topological polar surface area (TPSA) is 95.1 Å². The van der Waals surface area contributed by atoms with Crippen LogP contribution in [0.3, 0.4) is 0 Å². The lowest BCUT2D eigenvalue weighted by molar-refractivity contribution is -0.119. The standard InChI is InChI=1S/C14H23N5O2/c15-7-13(20)16-8-11-9-19(18-17-11)10-12-3-6-14(21-12)4-1-2-5-14/h9,12H,1-8,10,15H2,(H,16,20). The second kappa shape index (κ2) is 6.11. The third kappa shape index (κ3) is 3.41. The Balaban J connectivity index is 1.50. The van der Waals surface area contributed by atoms with Gasteiger partial charge in [0.15, 0.2) is 0 Å². The molecule has 3 rings (SSSR count). The van der Waals surface area contributed by atoms with Crippen molar-refractivity contribution in [2.45, 2.75) is 63.3 Å². The molecule has 1 atom stereocenters. The summed E-state index contributed by atoms with van der Waals surface area (Å²) in [5.74, 6) is -0.188. The molecule has 1 unspecified atom stereocenters. The number of ether oxygens (including phenoxy) is 1. The van der Waals surface area contributed by atoms with Crippen LogP contribution in [-0.4, -0.2) is 39.2 Å². The van der Waals surface area contributed by atoms with Crippen LogP contribution in [-0.2, 0) is 22.6 Å². The molecule has 1 spiro atoms. The third-order valence-electron chi connectivity index (χ3n) is 4.48. The van der Waals surface area contributed by atoms with Gasteiger partial charge in [0.25, 0.3) is 0 Å². The highest BCUT2D eigenvalue weighted by molar-refractivity contribution is 5.77. The molecule has 0 radical (unpaired) electrons. The summed E-state index contributed by atoms with van der Waals surface area (Å²) in [4.78, 5) is 11.1. The van der Waals surface area contributed by atoms with Crippen LogP contribution in [0.1, 0.15) is 44.2 Å². The molecule has 1 saturated heterocycles. The Hall–Kier alpha value is -1.47. The number of hydrogen-bond acceptors (Lipinski definition) is 5. The highest BCUT2D eigenvalue weighted by Gasteiger charge is 2.42. The van der Waals surface area contributed by atoms with Crippen molar-refractivity contribution in [1.82, 2.24) is 20.3 Å². The zero-order chi connectivity index (χ0) is 14.7. The number of rotatable bonds is 5. The predicted octanol–water partition coefficient (Wildman–Crippen LogP) is 0.345.